The standard InChI is InChI=1S/C20H30BrN5O2/c1-12(2)17-16(21)18(25-24-17)20(28)23-15-8-4-3-6-13(15)10-26-9-5-7-14(11-26)19(22)27/h3-4,6,8,12,14,16-18,24-25H,5,7,9-11H2,1-2H3,(H2,22,27)(H,23,28). The summed E-state index contributed by atoms with van der Waals surface area (Å²) in [5, 5.41) is 3.08. The van der Waals surface area contributed by atoms with Crippen molar-refractivity contribution >= 4 is 33.4 Å². The minimum atomic E-state index is -0.352. The van der Waals surface area contributed by atoms with Crippen LogP contribution >= 0.6 is 15.9 Å². The molecule has 2 amide bonds. The number of nitrogens with zero attached hydrogens (tertiary/aromatic N) is 1. The lowest BCUT2D eigenvalue weighted by Crippen LogP contribution is -2.43. The van der Waals surface area contributed by atoms with Crippen LogP contribution in [0.1, 0.15) is 32.3 Å². The first-order valence-electron chi connectivity index (χ1n) is 9.92. The average Bonchev–Trinajstić information content (AvgIpc) is 3.05. The zero-order valence-electron chi connectivity index (χ0n) is 16.5. The molecule has 4 unspecified atom stereocenters. The molecule has 2 aliphatic heterocycles. The fraction of sp³-hybridized carbons (Fsp3) is 0.600. The molecule has 0 saturated carbocycles. The van der Waals surface area contributed by atoms with Crippen molar-refractivity contribution in [3.63, 3.8) is 0 Å². The number of likely N-dealkylation sites (tertiary alicyclic amines) is 1. The Morgan fingerprint density at radius 1 is 1.32 bits per heavy atom. The Bertz CT molecular complexity index is 714. The minimum Gasteiger partial charge on any atom is -0.369 e. The maximum Gasteiger partial charge on any atom is 0.244 e. The molecule has 154 valence electrons. The van der Waals surface area contributed by atoms with Crippen LogP contribution in [-0.4, -0.2) is 46.7 Å². The van der Waals surface area contributed by atoms with Gasteiger partial charge in [-0.1, -0.05) is 48.0 Å². The third kappa shape index (κ3) is 4.92. The molecule has 2 saturated heterocycles. The van der Waals surface area contributed by atoms with E-state index < -0.39 is 0 Å². The predicted octanol–water partition coefficient (Wildman–Crippen LogP) is 1.59. The van der Waals surface area contributed by atoms with Gasteiger partial charge in [-0.3, -0.25) is 19.9 Å². The molecule has 0 spiro atoms. The Balaban J connectivity index is 1.66. The van der Waals surface area contributed by atoms with Crippen molar-refractivity contribution in [2.75, 3.05) is 18.4 Å². The molecule has 1 aromatic carbocycles. The first kappa shape index (κ1) is 21.2. The van der Waals surface area contributed by atoms with Gasteiger partial charge in [0.1, 0.15) is 6.04 Å². The number of carbonyl (C=O) groups excluding carboxylic acids is 2. The van der Waals surface area contributed by atoms with Crippen LogP contribution < -0.4 is 21.9 Å². The Labute approximate surface area is 174 Å². The van der Waals surface area contributed by atoms with E-state index in [-0.39, 0.29) is 34.6 Å². The van der Waals surface area contributed by atoms with E-state index in [1.807, 2.05) is 24.3 Å². The Kier molecular flexibility index (Phi) is 7.09. The number of rotatable bonds is 6. The summed E-state index contributed by atoms with van der Waals surface area (Å²) in [5.41, 5.74) is 13.7. The molecule has 1 aromatic rings. The molecule has 0 bridgehead atoms. The summed E-state index contributed by atoms with van der Waals surface area (Å²) in [6, 6.07) is 7.67. The molecule has 28 heavy (non-hydrogen) atoms. The van der Waals surface area contributed by atoms with E-state index in [1.54, 1.807) is 0 Å². The molecule has 0 aliphatic carbocycles. The first-order valence-corrected chi connectivity index (χ1v) is 10.8. The molecule has 8 heteroatoms. The van der Waals surface area contributed by atoms with Crippen molar-refractivity contribution < 1.29 is 9.59 Å². The number of carbonyl (C=O) groups is 2. The molecular formula is C20H30BrN5O2. The van der Waals surface area contributed by atoms with Crippen LogP contribution in [0.15, 0.2) is 24.3 Å². The lowest BCUT2D eigenvalue weighted by Gasteiger charge is -2.31. The number of amides is 2. The van der Waals surface area contributed by atoms with E-state index in [4.69, 9.17) is 5.73 Å². The van der Waals surface area contributed by atoms with E-state index in [0.717, 1.165) is 30.6 Å². The number of anilines is 1. The van der Waals surface area contributed by atoms with E-state index in [0.29, 0.717) is 19.0 Å². The van der Waals surface area contributed by atoms with Crippen molar-refractivity contribution in [1.82, 2.24) is 15.8 Å². The molecule has 2 fully saturated rings. The smallest absolute Gasteiger partial charge is 0.244 e. The molecule has 0 radical (unpaired) electrons. The Morgan fingerprint density at radius 2 is 2.07 bits per heavy atom. The van der Waals surface area contributed by atoms with Gasteiger partial charge in [-0.15, -0.1) is 0 Å². The number of para-hydroxylation sites is 1. The minimum absolute atomic E-state index is 0.0121. The number of alkyl halides is 1. The summed E-state index contributed by atoms with van der Waals surface area (Å²) in [6.45, 7) is 6.54. The van der Waals surface area contributed by atoms with Crippen LogP contribution in [0.2, 0.25) is 0 Å². The highest BCUT2D eigenvalue weighted by Gasteiger charge is 2.39. The summed E-state index contributed by atoms with van der Waals surface area (Å²) in [6.07, 6.45) is 1.82. The third-order valence-corrected chi connectivity index (χ3v) is 6.74. The molecule has 2 aliphatic rings. The van der Waals surface area contributed by atoms with Crippen molar-refractivity contribution in [2.45, 2.75) is 50.1 Å². The highest BCUT2D eigenvalue weighted by atomic mass is 79.9. The third-order valence-electron chi connectivity index (χ3n) is 5.64. The number of nitrogens with two attached hydrogens (primary N) is 1. The van der Waals surface area contributed by atoms with Crippen LogP contribution in [0.25, 0.3) is 0 Å². The highest BCUT2D eigenvalue weighted by molar-refractivity contribution is 9.09. The van der Waals surface area contributed by atoms with E-state index in [2.05, 4.69) is 50.8 Å². The number of benzene rings is 1. The lowest BCUT2D eigenvalue weighted by molar-refractivity contribution is -0.123. The number of hydrazine groups is 1. The van der Waals surface area contributed by atoms with Gasteiger partial charge in [0, 0.05) is 24.8 Å². The number of nitrogens with one attached hydrogen (secondary N) is 3. The fourth-order valence-electron chi connectivity index (χ4n) is 3.96. The van der Waals surface area contributed by atoms with Crippen molar-refractivity contribution in [1.29, 1.82) is 0 Å². The zero-order valence-corrected chi connectivity index (χ0v) is 18.0. The molecular weight excluding hydrogens is 422 g/mol. The largest absolute Gasteiger partial charge is 0.369 e. The van der Waals surface area contributed by atoms with Crippen LogP contribution in [0.5, 0.6) is 0 Å². The van der Waals surface area contributed by atoms with Crippen LogP contribution in [-0.2, 0) is 16.1 Å². The van der Waals surface area contributed by atoms with Gasteiger partial charge in [-0.2, -0.15) is 0 Å². The van der Waals surface area contributed by atoms with Crippen molar-refractivity contribution in [3.8, 4) is 0 Å². The summed E-state index contributed by atoms with van der Waals surface area (Å²) in [4.78, 5) is 26.6. The second-order valence-corrected chi connectivity index (χ2v) is 9.16. The van der Waals surface area contributed by atoms with Crippen LogP contribution in [0.3, 0.4) is 0 Å². The molecule has 0 aromatic heterocycles. The molecule has 5 N–H and O–H groups in total. The molecule has 4 atom stereocenters. The number of hydrogen-bond donors (Lipinski definition) is 4. The fourth-order valence-corrected chi connectivity index (χ4v) is 5.07. The van der Waals surface area contributed by atoms with E-state index in [1.165, 1.54) is 0 Å². The van der Waals surface area contributed by atoms with Gasteiger partial charge in [0.15, 0.2) is 0 Å². The van der Waals surface area contributed by atoms with Crippen molar-refractivity contribution in [2.24, 2.45) is 17.6 Å². The maximum absolute atomic E-state index is 12.9. The van der Waals surface area contributed by atoms with Gasteiger partial charge in [0.2, 0.25) is 11.8 Å². The molecule has 2 heterocycles. The summed E-state index contributed by atoms with van der Waals surface area (Å²) in [7, 11) is 0. The zero-order chi connectivity index (χ0) is 20.3. The van der Waals surface area contributed by atoms with Gasteiger partial charge in [0.05, 0.1) is 10.7 Å². The average molecular weight is 452 g/mol. The number of halogens is 1. The Morgan fingerprint density at radius 3 is 2.75 bits per heavy atom. The molecule has 3 rings (SSSR count). The predicted molar refractivity (Wildman–Crippen MR) is 114 cm³/mol. The quantitative estimate of drug-likeness (QED) is 0.492. The monoisotopic (exact) mass is 451 g/mol. The summed E-state index contributed by atoms with van der Waals surface area (Å²) >= 11 is 3.67. The van der Waals surface area contributed by atoms with E-state index in [9.17, 15) is 9.59 Å². The van der Waals surface area contributed by atoms with Gasteiger partial charge in [0.25, 0.3) is 0 Å². The maximum atomic E-state index is 12.9. The van der Waals surface area contributed by atoms with E-state index >= 15 is 0 Å². The highest BCUT2D eigenvalue weighted by Crippen LogP contribution is 2.25. The van der Waals surface area contributed by atoms with Gasteiger partial charge in [-0.25, -0.2) is 5.43 Å². The lowest BCUT2D eigenvalue weighted by atomic mass is 9.97. The number of primary amides is 1. The summed E-state index contributed by atoms with van der Waals surface area (Å²) < 4.78 is 0. The van der Waals surface area contributed by atoms with Crippen LogP contribution in [0, 0.1) is 11.8 Å². The number of hydrogen-bond acceptors (Lipinski definition) is 5. The van der Waals surface area contributed by atoms with Crippen molar-refractivity contribution in [3.05, 3.63) is 29.8 Å². The van der Waals surface area contributed by atoms with Gasteiger partial charge < -0.3 is 11.1 Å². The molecule has 7 nitrogen and oxygen atoms in total. The normalized spacial score (nSPS) is 28.4. The van der Waals surface area contributed by atoms with Gasteiger partial charge >= 0.3 is 0 Å². The van der Waals surface area contributed by atoms with Gasteiger partial charge in [-0.05, 0) is 36.9 Å². The SMILES string of the molecule is CC(C)C1NNC(C(=O)Nc2ccccc2CN2CCCC(C(N)=O)C2)C1Br. The summed E-state index contributed by atoms with van der Waals surface area (Å²) in [5.74, 6) is 0.0125. The second-order valence-electron chi connectivity index (χ2n) is 8.10. The first-order chi connectivity index (χ1) is 13.4. The topological polar surface area (TPSA) is 99.5 Å². The number of piperidine rings is 1. The van der Waals surface area contributed by atoms with Crippen LogP contribution in [0.4, 0.5) is 5.69 Å². The Hall–Kier alpha value is -1.48. The second kappa shape index (κ2) is 9.35.